The van der Waals surface area contributed by atoms with E-state index in [4.69, 9.17) is 14.6 Å². The van der Waals surface area contributed by atoms with E-state index in [0.717, 1.165) is 16.3 Å². The highest BCUT2D eigenvalue weighted by atomic mass is 16.6. The van der Waals surface area contributed by atoms with E-state index in [1.54, 1.807) is 6.08 Å². The number of ether oxygens (including phenoxy) is 2. The topological polar surface area (TPSA) is 134 Å². The summed E-state index contributed by atoms with van der Waals surface area (Å²) in [5.41, 5.74) is 0.906. The molecule has 8 heteroatoms. The Morgan fingerprint density at radius 3 is 2.58 bits per heavy atom. The van der Waals surface area contributed by atoms with Gasteiger partial charge in [-0.1, -0.05) is 68.5 Å². The van der Waals surface area contributed by atoms with E-state index in [-0.39, 0.29) is 30.6 Å². The molecule has 0 saturated carbocycles. The average molecular weight is 553 g/mol. The largest absolute Gasteiger partial charge is 0.481 e. The number of hydrogen-bond donors (Lipinski definition) is 4. The Morgan fingerprint density at radius 2 is 1.82 bits per heavy atom. The minimum atomic E-state index is -1.11. The van der Waals surface area contributed by atoms with Crippen LogP contribution in [0.5, 0.6) is 5.75 Å². The lowest BCUT2D eigenvalue weighted by Crippen LogP contribution is -2.44. The first-order chi connectivity index (χ1) is 19.2. The summed E-state index contributed by atoms with van der Waals surface area (Å²) < 4.78 is 12.3. The Labute approximate surface area is 234 Å². The lowest BCUT2D eigenvalue weighted by Gasteiger charge is -2.43. The van der Waals surface area contributed by atoms with Gasteiger partial charge in [0.05, 0.1) is 24.7 Å². The van der Waals surface area contributed by atoms with Gasteiger partial charge in [0, 0.05) is 17.7 Å². The molecular formula is C32H40O8. The smallest absolute Gasteiger partial charge is 0.347 e. The molecule has 0 heterocycles. The lowest BCUT2D eigenvalue weighted by molar-refractivity contribution is -0.163. The second-order valence-corrected chi connectivity index (χ2v) is 11.1. The van der Waals surface area contributed by atoms with Crippen LogP contribution < -0.4 is 4.74 Å². The van der Waals surface area contributed by atoms with Crippen LogP contribution in [0.15, 0.2) is 66.3 Å². The molecular weight excluding hydrogens is 512 g/mol. The maximum atomic E-state index is 13.4. The summed E-state index contributed by atoms with van der Waals surface area (Å²) >= 11 is 0. The summed E-state index contributed by atoms with van der Waals surface area (Å²) in [4.78, 5) is 24.3. The highest BCUT2D eigenvalue weighted by Crippen LogP contribution is 2.44. The monoisotopic (exact) mass is 552 g/mol. The van der Waals surface area contributed by atoms with Gasteiger partial charge in [-0.05, 0) is 54.5 Å². The minimum Gasteiger partial charge on any atom is -0.481 e. The number of hydrogen-bond acceptors (Lipinski definition) is 7. The zero-order chi connectivity index (χ0) is 28.8. The van der Waals surface area contributed by atoms with E-state index >= 15 is 0 Å². The van der Waals surface area contributed by atoms with Gasteiger partial charge in [0.2, 0.25) is 0 Å². The molecule has 0 saturated heterocycles. The molecule has 2 aromatic carbocycles. The molecule has 0 fully saturated rings. The summed E-state index contributed by atoms with van der Waals surface area (Å²) in [6.45, 7) is 3.94. The third-order valence-electron chi connectivity index (χ3n) is 8.08. The number of carboxylic acid groups (broad SMARTS) is 1. The molecule has 8 atom stereocenters. The van der Waals surface area contributed by atoms with Gasteiger partial charge in [-0.25, -0.2) is 4.79 Å². The first kappa shape index (κ1) is 29.8. The molecule has 0 aliphatic heterocycles. The molecule has 2 aliphatic carbocycles. The second kappa shape index (κ2) is 13.4. The number of carbonyl (C=O) groups is 2. The molecule has 2 aromatic rings. The van der Waals surface area contributed by atoms with Gasteiger partial charge >= 0.3 is 11.9 Å². The maximum Gasteiger partial charge on any atom is 0.347 e. The maximum absolute atomic E-state index is 13.4. The van der Waals surface area contributed by atoms with Crippen LogP contribution in [0.4, 0.5) is 0 Å². The van der Waals surface area contributed by atoms with Crippen LogP contribution in [0, 0.1) is 17.8 Å². The molecule has 4 rings (SSSR count). The van der Waals surface area contributed by atoms with Gasteiger partial charge in [0.25, 0.3) is 0 Å². The number of aliphatic hydroxyl groups excluding tert-OH is 3. The van der Waals surface area contributed by atoms with Gasteiger partial charge in [-0.2, -0.15) is 0 Å². The average Bonchev–Trinajstić information content (AvgIpc) is 2.90. The third-order valence-corrected chi connectivity index (χ3v) is 8.08. The predicted molar refractivity (Wildman–Crippen MR) is 151 cm³/mol. The van der Waals surface area contributed by atoms with E-state index in [1.807, 2.05) is 55.5 Å². The van der Waals surface area contributed by atoms with Gasteiger partial charge in [-0.3, -0.25) is 4.79 Å². The normalized spacial score (nSPS) is 26.3. The number of carboxylic acids is 1. The highest BCUT2D eigenvalue weighted by molar-refractivity contribution is 5.88. The van der Waals surface area contributed by atoms with E-state index in [1.165, 1.54) is 0 Å². The van der Waals surface area contributed by atoms with Crippen molar-refractivity contribution in [3.8, 4) is 5.75 Å². The molecule has 0 bridgehead atoms. The van der Waals surface area contributed by atoms with Gasteiger partial charge in [0.1, 0.15) is 11.9 Å². The van der Waals surface area contributed by atoms with E-state index in [2.05, 4.69) is 13.0 Å². The molecule has 40 heavy (non-hydrogen) atoms. The lowest BCUT2D eigenvalue weighted by atomic mass is 9.66. The molecule has 8 nitrogen and oxygen atoms in total. The Hall–Kier alpha value is -3.20. The Bertz CT molecular complexity index is 1230. The van der Waals surface area contributed by atoms with Crippen LogP contribution in [0.1, 0.15) is 52.4 Å². The van der Waals surface area contributed by atoms with Gasteiger partial charge in [-0.15, -0.1) is 0 Å². The van der Waals surface area contributed by atoms with E-state index in [9.17, 15) is 24.9 Å². The highest BCUT2D eigenvalue weighted by Gasteiger charge is 2.42. The standard InChI is InChI=1S/C32H40O8/c1-3-27(39-28-10-6-8-20-7-4-5-9-26(20)28)32(38)40-29-17-23(34)15-21-12-11-19(2)25(31(21)29)14-13-22(33)16-24(35)18-30(36)37/h4-12,15,19,22-25,27,29,31,33-35H,3,13-14,16-18H2,1-2H3,(H,36,37)/t19-,22+,23+,24+,25-,27?,29-,31-/m0/s1. The summed E-state index contributed by atoms with van der Waals surface area (Å²) in [6, 6.07) is 13.5. The molecule has 216 valence electrons. The van der Waals surface area contributed by atoms with Crippen LogP contribution >= 0.6 is 0 Å². The van der Waals surface area contributed by atoms with Crippen molar-refractivity contribution in [3.05, 3.63) is 66.3 Å². The van der Waals surface area contributed by atoms with Crippen molar-refractivity contribution in [2.75, 3.05) is 0 Å². The second-order valence-electron chi connectivity index (χ2n) is 11.1. The number of aliphatic hydroxyl groups is 3. The Kier molecular flexibility index (Phi) is 10.0. The summed E-state index contributed by atoms with van der Waals surface area (Å²) in [7, 11) is 0. The number of fused-ring (bicyclic) bond motifs is 2. The number of benzene rings is 2. The Balaban J connectivity index is 1.47. The molecule has 0 amide bonds. The summed E-state index contributed by atoms with van der Waals surface area (Å²) in [6.07, 6.45) is 2.95. The molecule has 1 unspecified atom stereocenters. The van der Waals surface area contributed by atoms with Crippen LogP contribution in [0.25, 0.3) is 10.8 Å². The Morgan fingerprint density at radius 1 is 1.07 bits per heavy atom. The van der Waals surface area contributed by atoms with Crippen molar-refractivity contribution in [1.29, 1.82) is 0 Å². The van der Waals surface area contributed by atoms with Crippen molar-refractivity contribution in [2.24, 2.45) is 17.8 Å². The molecule has 2 aliphatic rings. The van der Waals surface area contributed by atoms with Crippen molar-refractivity contribution in [2.45, 2.75) is 82.9 Å². The fraction of sp³-hybridized carbons (Fsp3) is 0.500. The van der Waals surface area contributed by atoms with E-state index < -0.39 is 48.9 Å². The molecule has 0 aromatic heterocycles. The van der Waals surface area contributed by atoms with Crippen molar-refractivity contribution in [3.63, 3.8) is 0 Å². The number of rotatable bonds is 12. The van der Waals surface area contributed by atoms with Crippen molar-refractivity contribution < 1.29 is 39.5 Å². The summed E-state index contributed by atoms with van der Waals surface area (Å²) in [5, 5.41) is 41.8. The number of allylic oxidation sites excluding steroid dienone is 2. The SMILES string of the molecule is CCC(Oc1cccc2ccccc12)C(=O)O[C@H]1C[C@H](O)C=C2C=C[C@H](C)[C@H](CC[C@@H](O)C[C@@H](O)CC(=O)O)[C@H]21. The van der Waals surface area contributed by atoms with E-state index in [0.29, 0.717) is 25.0 Å². The fourth-order valence-electron chi connectivity index (χ4n) is 6.06. The first-order valence-corrected chi connectivity index (χ1v) is 14.2. The zero-order valence-corrected chi connectivity index (χ0v) is 23.1. The van der Waals surface area contributed by atoms with Gasteiger partial charge < -0.3 is 29.9 Å². The molecule has 0 spiro atoms. The molecule has 4 N–H and O–H groups in total. The van der Waals surface area contributed by atoms with Crippen LogP contribution in [-0.2, 0) is 14.3 Å². The first-order valence-electron chi connectivity index (χ1n) is 14.2. The van der Waals surface area contributed by atoms with Crippen LogP contribution in [-0.4, -0.2) is 62.9 Å². The van der Waals surface area contributed by atoms with Crippen LogP contribution in [0.3, 0.4) is 0 Å². The van der Waals surface area contributed by atoms with Crippen molar-refractivity contribution in [1.82, 2.24) is 0 Å². The quantitative estimate of drug-likeness (QED) is 0.285. The predicted octanol–water partition coefficient (Wildman–Crippen LogP) is 4.41. The van der Waals surface area contributed by atoms with Crippen LogP contribution in [0.2, 0.25) is 0 Å². The van der Waals surface area contributed by atoms with Gasteiger partial charge in [0.15, 0.2) is 6.10 Å². The minimum absolute atomic E-state index is 0.0164. The number of carbonyl (C=O) groups excluding carboxylic acids is 1. The number of esters is 1. The summed E-state index contributed by atoms with van der Waals surface area (Å²) in [5.74, 6) is -1.00. The zero-order valence-electron chi connectivity index (χ0n) is 23.1. The third kappa shape index (κ3) is 7.30. The molecule has 0 radical (unpaired) electrons. The van der Waals surface area contributed by atoms with Crippen molar-refractivity contribution >= 4 is 22.7 Å². The fourth-order valence-corrected chi connectivity index (χ4v) is 6.06. The number of aliphatic carboxylic acids is 1.